The molecule has 22 heavy (non-hydrogen) atoms. The maximum atomic E-state index is 4.91. The molecule has 0 spiro atoms. The summed E-state index contributed by atoms with van der Waals surface area (Å²) >= 11 is 0. The van der Waals surface area contributed by atoms with E-state index < -0.39 is 0 Å². The molecular formula is C18H14N4. The average molecular weight is 286 g/mol. The number of aromatic nitrogens is 3. The number of fused-ring (bicyclic) bond motifs is 5. The predicted octanol–water partition coefficient (Wildman–Crippen LogP) is 3.56. The molecule has 1 aliphatic rings. The summed E-state index contributed by atoms with van der Waals surface area (Å²) in [5.41, 5.74) is 2.27. The molecule has 4 heteroatoms. The first-order chi connectivity index (χ1) is 10.9. The van der Waals surface area contributed by atoms with E-state index in [2.05, 4.69) is 57.3 Å². The standard InChI is InChI=1S/C18H14N4/c1-2-4-15-12(3-1)5-6-13-9-14-11-22-8-7-19-16(22)10-20-18(14)21-17(13)15/h1-9H,10-11H2,(H,20,21). The van der Waals surface area contributed by atoms with Crippen LogP contribution >= 0.6 is 0 Å². The zero-order valence-corrected chi connectivity index (χ0v) is 12.0. The highest BCUT2D eigenvalue weighted by atomic mass is 15.1. The maximum Gasteiger partial charge on any atom is 0.132 e. The number of pyridine rings is 1. The smallest absolute Gasteiger partial charge is 0.132 e. The Morgan fingerprint density at radius 1 is 1.05 bits per heavy atom. The minimum Gasteiger partial charge on any atom is -0.363 e. The molecule has 1 aliphatic heterocycles. The highest BCUT2D eigenvalue weighted by Gasteiger charge is 2.15. The van der Waals surface area contributed by atoms with Gasteiger partial charge in [-0.25, -0.2) is 9.97 Å². The van der Waals surface area contributed by atoms with Crippen molar-refractivity contribution in [3.05, 3.63) is 66.2 Å². The Balaban J connectivity index is 1.78. The Labute approximate surface area is 127 Å². The summed E-state index contributed by atoms with van der Waals surface area (Å²) in [4.78, 5) is 9.31. The van der Waals surface area contributed by atoms with Crippen molar-refractivity contribution in [1.29, 1.82) is 0 Å². The number of imidazole rings is 1. The van der Waals surface area contributed by atoms with Gasteiger partial charge in [0.25, 0.3) is 0 Å². The van der Waals surface area contributed by atoms with Crippen molar-refractivity contribution in [3.63, 3.8) is 0 Å². The summed E-state index contributed by atoms with van der Waals surface area (Å²) in [5.74, 6) is 2.02. The van der Waals surface area contributed by atoms with Gasteiger partial charge in [0.1, 0.15) is 11.6 Å². The summed E-state index contributed by atoms with van der Waals surface area (Å²) in [6.07, 6.45) is 3.88. The second-order valence-corrected chi connectivity index (χ2v) is 5.68. The minimum atomic E-state index is 0.712. The lowest BCUT2D eigenvalue weighted by molar-refractivity contribution is 0.754. The molecular weight excluding hydrogens is 272 g/mol. The first kappa shape index (κ1) is 11.7. The Hall–Kier alpha value is -2.88. The van der Waals surface area contributed by atoms with Gasteiger partial charge in [0.2, 0.25) is 0 Å². The number of hydrogen-bond donors (Lipinski definition) is 1. The van der Waals surface area contributed by atoms with Crippen molar-refractivity contribution in [2.24, 2.45) is 0 Å². The van der Waals surface area contributed by atoms with Gasteiger partial charge >= 0.3 is 0 Å². The van der Waals surface area contributed by atoms with Crippen LogP contribution in [0, 0.1) is 0 Å². The van der Waals surface area contributed by atoms with Gasteiger partial charge in [-0.1, -0.05) is 36.4 Å². The monoisotopic (exact) mass is 286 g/mol. The van der Waals surface area contributed by atoms with Crippen molar-refractivity contribution >= 4 is 27.5 Å². The molecule has 0 aliphatic carbocycles. The fraction of sp³-hybridized carbons (Fsp3) is 0.111. The van der Waals surface area contributed by atoms with E-state index in [9.17, 15) is 0 Å². The third-order valence-electron chi connectivity index (χ3n) is 4.35. The number of anilines is 1. The molecule has 1 N–H and O–H groups in total. The summed E-state index contributed by atoms with van der Waals surface area (Å²) < 4.78 is 2.17. The van der Waals surface area contributed by atoms with Gasteiger partial charge in [0.05, 0.1) is 18.6 Å². The topological polar surface area (TPSA) is 42.7 Å². The van der Waals surface area contributed by atoms with E-state index in [1.807, 2.05) is 12.4 Å². The van der Waals surface area contributed by atoms with Crippen LogP contribution in [0.3, 0.4) is 0 Å². The van der Waals surface area contributed by atoms with Crippen LogP contribution in [0.4, 0.5) is 5.82 Å². The molecule has 4 nitrogen and oxygen atoms in total. The van der Waals surface area contributed by atoms with E-state index in [0.717, 1.165) is 23.7 Å². The third kappa shape index (κ3) is 1.64. The number of nitrogens with one attached hydrogen (secondary N) is 1. The third-order valence-corrected chi connectivity index (χ3v) is 4.35. The van der Waals surface area contributed by atoms with E-state index in [0.29, 0.717) is 6.54 Å². The van der Waals surface area contributed by atoms with Gasteiger partial charge in [-0.3, -0.25) is 0 Å². The number of hydrogen-bond acceptors (Lipinski definition) is 3. The fourth-order valence-corrected chi connectivity index (χ4v) is 3.22. The zero-order valence-electron chi connectivity index (χ0n) is 12.0. The lowest BCUT2D eigenvalue weighted by atomic mass is 10.0. The molecule has 4 aromatic rings. The minimum absolute atomic E-state index is 0.712. The summed E-state index contributed by atoms with van der Waals surface area (Å²) in [6.45, 7) is 1.52. The Morgan fingerprint density at radius 3 is 2.95 bits per heavy atom. The van der Waals surface area contributed by atoms with Crippen LogP contribution in [-0.4, -0.2) is 14.5 Å². The van der Waals surface area contributed by atoms with Crippen molar-refractivity contribution in [2.75, 3.05) is 5.32 Å². The van der Waals surface area contributed by atoms with Gasteiger partial charge in [-0.15, -0.1) is 0 Å². The lowest BCUT2D eigenvalue weighted by Gasteiger charge is -2.10. The van der Waals surface area contributed by atoms with Crippen molar-refractivity contribution < 1.29 is 0 Å². The molecule has 106 valence electrons. The lowest BCUT2D eigenvalue weighted by Crippen LogP contribution is -2.03. The van der Waals surface area contributed by atoms with Crippen molar-refractivity contribution in [1.82, 2.24) is 14.5 Å². The molecule has 0 unspecified atom stereocenters. The molecule has 0 saturated carbocycles. The van der Waals surface area contributed by atoms with Crippen LogP contribution in [0.1, 0.15) is 11.4 Å². The van der Waals surface area contributed by atoms with Crippen molar-refractivity contribution in [2.45, 2.75) is 13.1 Å². The molecule has 0 saturated heterocycles. The zero-order chi connectivity index (χ0) is 14.5. The van der Waals surface area contributed by atoms with Crippen LogP contribution in [0.2, 0.25) is 0 Å². The van der Waals surface area contributed by atoms with Gasteiger partial charge in [0, 0.05) is 28.7 Å². The number of rotatable bonds is 0. The molecule has 2 aromatic heterocycles. The molecule has 5 rings (SSSR count). The first-order valence-electron chi connectivity index (χ1n) is 7.44. The SMILES string of the molecule is c1ccc2c(c1)ccc1cc3c(nc12)NCc1nccn1C3. The second-order valence-electron chi connectivity index (χ2n) is 5.68. The molecule has 0 atom stereocenters. The first-order valence-corrected chi connectivity index (χ1v) is 7.44. The molecule has 0 radical (unpaired) electrons. The second kappa shape index (κ2) is 4.31. The van der Waals surface area contributed by atoms with E-state index in [1.54, 1.807) is 0 Å². The van der Waals surface area contributed by atoms with Crippen LogP contribution < -0.4 is 5.32 Å². The molecule has 0 amide bonds. The van der Waals surface area contributed by atoms with Gasteiger partial charge in [0.15, 0.2) is 0 Å². The molecule has 0 fully saturated rings. The van der Waals surface area contributed by atoms with Gasteiger partial charge in [-0.2, -0.15) is 0 Å². The van der Waals surface area contributed by atoms with E-state index in [4.69, 9.17) is 4.98 Å². The van der Waals surface area contributed by atoms with Gasteiger partial charge in [-0.05, 0) is 11.5 Å². The van der Waals surface area contributed by atoms with Crippen molar-refractivity contribution in [3.8, 4) is 0 Å². The number of nitrogens with zero attached hydrogens (tertiary/aromatic N) is 3. The van der Waals surface area contributed by atoms with Crippen LogP contribution in [-0.2, 0) is 13.1 Å². The Morgan fingerprint density at radius 2 is 1.95 bits per heavy atom. The van der Waals surface area contributed by atoms with E-state index in [1.165, 1.54) is 21.7 Å². The van der Waals surface area contributed by atoms with Crippen LogP contribution in [0.5, 0.6) is 0 Å². The highest BCUT2D eigenvalue weighted by molar-refractivity contribution is 6.05. The maximum absolute atomic E-state index is 4.91. The van der Waals surface area contributed by atoms with Gasteiger partial charge < -0.3 is 9.88 Å². The summed E-state index contributed by atoms with van der Waals surface area (Å²) in [7, 11) is 0. The largest absolute Gasteiger partial charge is 0.363 e. The summed E-state index contributed by atoms with van der Waals surface area (Å²) in [5, 5.41) is 7.04. The van der Waals surface area contributed by atoms with E-state index >= 15 is 0 Å². The Bertz CT molecular complexity index is 1020. The van der Waals surface area contributed by atoms with E-state index in [-0.39, 0.29) is 0 Å². The van der Waals surface area contributed by atoms with Crippen LogP contribution in [0.15, 0.2) is 54.9 Å². The number of benzene rings is 2. The summed E-state index contributed by atoms with van der Waals surface area (Å²) in [6, 6.07) is 15.0. The quantitative estimate of drug-likeness (QED) is 0.503. The molecule has 0 bridgehead atoms. The average Bonchev–Trinajstić information content (AvgIpc) is 2.93. The normalized spacial score (nSPS) is 13.5. The highest BCUT2D eigenvalue weighted by Crippen LogP contribution is 2.29. The predicted molar refractivity (Wildman–Crippen MR) is 87.9 cm³/mol. The molecule has 2 aromatic carbocycles. The van der Waals surface area contributed by atoms with Crippen LogP contribution in [0.25, 0.3) is 21.7 Å². The fourth-order valence-electron chi connectivity index (χ4n) is 3.22. The molecule has 3 heterocycles. The Kier molecular flexibility index (Phi) is 2.30.